The number of morpholine rings is 1. The van der Waals surface area contributed by atoms with Gasteiger partial charge in [-0.3, -0.25) is 14.6 Å². The summed E-state index contributed by atoms with van der Waals surface area (Å²) < 4.78 is 6.02. The van der Waals surface area contributed by atoms with E-state index in [0.717, 1.165) is 50.5 Å². The zero-order chi connectivity index (χ0) is 18.5. The van der Waals surface area contributed by atoms with E-state index in [-0.39, 0.29) is 5.91 Å². The molecule has 2 saturated heterocycles. The summed E-state index contributed by atoms with van der Waals surface area (Å²) in [7, 11) is 4.02. The molecule has 5 nitrogen and oxygen atoms in total. The quantitative estimate of drug-likeness (QED) is 0.548. The van der Waals surface area contributed by atoms with Gasteiger partial charge in [-0.05, 0) is 30.2 Å². The molecule has 26 heavy (non-hydrogen) atoms. The highest BCUT2D eigenvalue weighted by atomic mass is 32.2. The number of thiocarbonyl (C=S) groups is 1. The van der Waals surface area contributed by atoms with Gasteiger partial charge in [0, 0.05) is 46.0 Å². The lowest BCUT2D eigenvalue weighted by atomic mass is 10.2. The molecule has 2 aliphatic rings. The Morgan fingerprint density at radius 2 is 1.88 bits per heavy atom. The third-order valence-electron chi connectivity index (χ3n) is 4.54. The fourth-order valence-corrected chi connectivity index (χ4v) is 4.30. The van der Waals surface area contributed by atoms with Gasteiger partial charge in [0.15, 0.2) is 0 Å². The van der Waals surface area contributed by atoms with Crippen LogP contribution in [0.4, 0.5) is 5.69 Å². The Morgan fingerprint density at radius 1 is 1.19 bits per heavy atom. The van der Waals surface area contributed by atoms with Gasteiger partial charge < -0.3 is 9.64 Å². The highest BCUT2D eigenvalue weighted by molar-refractivity contribution is 8.26. The summed E-state index contributed by atoms with van der Waals surface area (Å²) in [5.41, 5.74) is 2.15. The van der Waals surface area contributed by atoms with Crippen LogP contribution in [0.5, 0.6) is 0 Å². The molecule has 0 saturated carbocycles. The summed E-state index contributed by atoms with van der Waals surface area (Å²) in [6.07, 6.45) is 2.86. The molecule has 140 valence electrons. The Kier molecular flexibility index (Phi) is 6.69. The fourth-order valence-electron chi connectivity index (χ4n) is 2.99. The van der Waals surface area contributed by atoms with E-state index in [2.05, 4.69) is 21.9 Å². The lowest BCUT2D eigenvalue weighted by molar-refractivity contribution is -0.122. The highest BCUT2D eigenvalue weighted by Gasteiger charge is 2.31. The van der Waals surface area contributed by atoms with E-state index >= 15 is 0 Å². The zero-order valence-electron chi connectivity index (χ0n) is 15.3. The average Bonchev–Trinajstić information content (AvgIpc) is 2.90. The van der Waals surface area contributed by atoms with Crippen LogP contribution in [0.2, 0.25) is 0 Å². The Bertz CT molecular complexity index is 683. The van der Waals surface area contributed by atoms with Gasteiger partial charge in [-0.25, -0.2) is 0 Å². The first-order valence-corrected chi connectivity index (χ1v) is 10.1. The van der Waals surface area contributed by atoms with Crippen molar-refractivity contribution in [2.75, 3.05) is 58.4 Å². The molecule has 0 radical (unpaired) electrons. The first kappa shape index (κ1) is 19.4. The number of rotatable bonds is 6. The summed E-state index contributed by atoms with van der Waals surface area (Å²) in [5, 5.41) is 0. The number of ether oxygens (including phenoxy) is 1. The normalized spacial score (nSPS) is 20.2. The van der Waals surface area contributed by atoms with Gasteiger partial charge in [0.2, 0.25) is 0 Å². The maximum Gasteiger partial charge on any atom is 0.266 e. The van der Waals surface area contributed by atoms with Crippen molar-refractivity contribution in [2.24, 2.45) is 0 Å². The van der Waals surface area contributed by atoms with Crippen molar-refractivity contribution in [1.82, 2.24) is 9.80 Å². The van der Waals surface area contributed by atoms with Gasteiger partial charge >= 0.3 is 0 Å². The van der Waals surface area contributed by atoms with E-state index in [4.69, 9.17) is 17.0 Å². The van der Waals surface area contributed by atoms with Crippen LogP contribution in [0.3, 0.4) is 0 Å². The van der Waals surface area contributed by atoms with Crippen molar-refractivity contribution in [2.45, 2.75) is 6.42 Å². The van der Waals surface area contributed by atoms with Crippen molar-refractivity contribution >= 4 is 46.0 Å². The predicted octanol–water partition coefficient (Wildman–Crippen LogP) is 2.68. The van der Waals surface area contributed by atoms with Crippen LogP contribution in [0.1, 0.15) is 12.0 Å². The average molecular weight is 392 g/mol. The van der Waals surface area contributed by atoms with Gasteiger partial charge in [-0.1, -0.05) is 36.1 Å². The van der Waals surface area contributed by atoms with Crippen molar-refractivity contribution in [3.63, 3.8) is 0 Å². The molecule has 0 aromatic heterocycles. The molecule has 2 fully saturated rings. The second-order valence-electron chi connectivity index (χ2n) is 6.63. The van der Waals surface area contributed by atoms with Crippen LogP contribution in [-0.4, -0.2) is 73.5 Å². The maximum absolute atomic E-state index is 12.7. The van der Waals surface area contributed by atoms with E-state index in [1.165, 1.54) is 11.8 Å². The monoisotopic (exact) mass is 391 g/mol. The van der Waals surface area contributed by atoms with Crippen LogP contribution < -0.4 is 4.90 Å². The molecule has 0 unspecified atom stereocenters. The molecule has 2 heterocycles. The van der Waals surface area contributed by atoms with E-state index in [9.17, 15) is 4.79 Å². The van der Waals surface area contributed by atoms with Crippen molar-refractivity contribution in [3.05, 3.63) is 34.7 Å². The van der Waals surface area contributed by atoms with E-state index in [0.29, 0.717) is 15.8 Å². The van der Waals surface area contributed by atoms with E-state index in [1.54, 1.807) is 4.90 Å². The third-order valence-corrected chi connectivity index (χ3v) is 5.92. The number of thioether (sulfide) groups is 1. The molecule has 0 spiro atoms. The van der Waals surface area contributed by atoms with Crippen LogP contribution in [0.15, 0.2) is 29.2 Å². The molecule has 7 heteroatoms. The predicted molar refractivity (Wildman–Crippen MR) is 113 cm³/mol. The van der Waals surface area contributed by atoms with Crippen molar-refractivity contribution in [1.29, 1.82) is 0 Å². The Morgan fingerprint density at radius 3 is 2.54 bits per heavy atom. The first-order valence-electron chi connectivity index (χ1n) is 8.87. The first-order chi connectivity index (χ1) is 12.5. The minimum atomic E-state index is 0.0265. The Labute approximate surface area is 165 Å². The number of benzene rings is 1. The van der Waals surface area contributed by atoms with E-state index < -0.39 is 0 Å². The Hall–Kier alpha value is -1.41. The molecule has 0 aliphatic carbocycles. The molecule has 0 N–H and O–H groups in total. The summed E-state index contributed by atoms with van der Waals surface area (Å²) in [6, 6.07) is 8.16. The SMILES string of the molecule is CN(C)c1ccc(C=C2SC(=S)N(CCCN3CCOCC3)C2=O)cc1. The largest absolute Gasteiger partial charge is 0.379 e. The minimum absolute atomic E-state index is 0.0265. The van der Waals surface area contributed by atoms with E-state index in [1.807, 2.05) is 32.3 Å². The molecular weight excluding hydrogens is 366 g/mol. The molecule has 2 aliphatic heterocycles. The third kappa shape index (κ3) is 4.85. The number of nitrogens with zero attached hydrogens (tertiary/aromatic N) is 3. The smallest absolute Gasteiger partial charge is 0.266 e. The summed E-state index contributed by atoms with van der Waals surface area (Å²) in [5.74, 6) is 0.0265. The minimum Gasteiger partial charge on any atom is -0.379 e. The lowest BCUT2D eigenvalue weighted by Gasteiger charge is -2.27. The number of carbonyl (C=O) groups is 1. The second kappa shape index (κ2) is 8.99. The second-order valence-corrected chi connectivity index (χ2v) is 8.30. The number of hydrogen-bond acceptors (Lipinski definition) is 6. The zero-order valence-corrected chi connectivity index (χ0v) is 16.9. The van der Waals surface area contributed by atoms with Crippen LogP contribution in [0.25, 0.3) is 6.08 Å². The van der Waals surface area contributed by atoms with Crippen molar-refractivity contribution < 1.29 is 9.53 Å². The molecular formula is C19H25N3O2S2. The summed E-state index contributed by atoms with van der Waals surface area (Å²) in [6.45, 7) is 5.21. The van der Waals surface area contributed by atoms with Gasteiger partial charge in [-0.2, -0.15) is 0 Å². The summed E-state index contributed by atoms with van der Waals surface area (Å²) in [4.78, 5) is 19.6. The molecule has 3 rings (SSSR count). The lowest BCUT2D eigenvalue weighted by Crippen LogP contribution is -2.38. The number of amides is 1. The van der Waals surface area contributed by atoms with Crippen LogP contribution in [0, 0.1) is 0 Å². The Balaban J connectivity index is 1.57. The molecule has 0 atom stereocenters. The van der Waals surface area contributed by atoms with Gasteiger partial charge in [-0.15, -0.1) is 0 Å². The highest BCUT2D eigenvalue weighted by Crippen LogP contribution is 2.32. The molecule has 0 bridgehead atoms. The standard InChI is InChI=1S/C19H25N3O2S2/c1-20(2)16-6-4-15(5-7-16)14-17-18(23)22(19(25)26-17)9-3-8-21-10-12-24-13-11-21/h4-7,14H,3,8-13H2,1-2H3. The number of anilines is 1. The summed E-state index contributed by atoms with van der Waals surface area (Å²) >= 11 is 6.82. The molecule has 1 amide bonds. The molecule has 1 aromatic carbocycles. The fraction of sp³-hybridized carbons (Fsp3) is 0.474. The van der Waals surface area contributed by atoms with Crippen molar-refractivity contribution in [3.8, 4) is 0 Å². The van der Waals surface area contributed by atoms with Gasteiger partial charge in [0.05, 0.1) is 18.1 Å². The molecule has 1 aromatic rings. The maximum atomic E-state index is 12.7. The number of hydrogen-bond donors (Lipinski definition) is 0. The van der Waals surface area contributed by atoms with Crippen LogP contribution in [-0.2, 0) is 9.53 Å². The van der Waals surface area contributed by atoms with Gasteiger partial charge in [0.25, 0.3) is 5.91 Å². The van der Waals surface area contributed by atoms with Crippen LogP contribution >= 0.6 is 24.0 Å². The number of carbonyl (C=O) groups excluding carboxylic acids is 1. The topological polar surface area (TPSA) is 36.0 Å². The van der Waals surface area contributed by atoms with Gasteiger partial charge in [0.1, 0.15) is 4.32 Å².